The Morgan fingerprint density at radius 2 is 1.45 bits per heavy atom. The molecule has 0 amide bonds. The van der Waals surface area contributed by atoms with Crippen molar-refractivity contribution in [3.63, 3.8) is 0 Å². The minimum Gasteiger partial charge on any atom is -0.234 e. The van der Waals surface area contributed by atoms with E-state index < -0.39 is 0 Å². The molecule has 0 N–H and O–H groups in total. The molecule has 3 aromatic heterocycles. The molecule has 2 aromatic carbocycles. The standard InChI is InChI=1S/C23H16Cl2N2S2/c1-12(2)18-11-15-19(13-7-3-5-9-16(13)24)20-23(27-22(15)28-18)29-21(26-20)14-8-4-6-10-17(14)25/h3-12H,1-2H3. The Labute approximate surface area is 186 Å². The fourth-order valence-electron chi connectivity index (χ4n) is 3.40. The number of halogens is 2. The van der Waals surface area contributed by atoms with Crippen LogP contribution in [0.2, 0.25) is 10.0 Å². The van der Waals surface area contributed by atoms with E-state index in [4.69, 9.17) is 33.2 Å². The number of hydrogen-bond donors (Lipinski definition) is 0. The molecular weight excluding hydrogens is 439 g/mol. The molecule has 144 valence electrons. The fourth-order valence-corrected chi connectivity index (χ4v) is 6.01. The van der Waals surface area contributed by atoms with Crippen molar-refractivity contribution in [1.82, 2.24) is 9.97 Å². The molecule has 3 heterocycles. The van der Waals surface area contributed by atoms with Crippen molar-refractivity contribution in [3.8, 4) is 21.7 Å². The number of hydrogen-bond acceptors (Lipinski definition) is 4. The summed E-state index contributed by atoms with van der Waals surface area (Å²) >= 11 is 16.4. The first-order valence-electron chi connectivity index (χ1n) is 9.26. The Morgan fingerprint density at radius 3 is 2.10 bits per heavy atom. The van der Waals surface area contributed by atoms with Gasteiger partial charge in [0, 0.05) is 32.0 Å². The van der Waals surface area contributed by atoms with Crippen LogP contribution in [0.25, 0.3) is 42.3 Å². The summed E-state index contributed by atoms with van der Waals surface area (Å²) in [4.78, 5) is 13.2. The van der Waals surface area contributed by atoms with Gasteiger partial charge in [-0.15, -0.1) is 11.3 Å². The summed E-state index contributed by atoms with van der Waals surface area (Å²) in [6.07, 6.45) is 0. The van der Waals surface area contributed by atoms with Crippen LogP contribution < -0.4 is 0 Å². The number of thiazole rings is 1. The van der Waals surface area contributed by atoms with Gasteiger partial charge in [0.05, 0.1) is 5.02 Å². The number of aromatic nitrogens is 2. The fraction of sp³-hybridized carbons (Fsp3) is 0.130. The van der Waals surface area contributed by atoms with Crippen molar-refractivity contribution >= 4 is 66.4 Å². The topological polar surface area (TPSA) is 25.8 Å². The predicted molar refractivity (Wildman–Crippen MR) is 128 cm³/mol. The lowest BCUT2D eigenvalue weighted by Crippen LogP contribution is -1.86. The molecule has 0 saturated carbocycles. The van der Waals surface area contributed by atoms with Gasteiger partial charge in [-0.05, 0) is 24.1 Å². The molecule has 0 aliphatic carbocycles. The van der Waals surface area contributed by atoms with E-state index in [1.54, 1.807) is 22.7 Å². The quantitative estimate of drug-likeness (QED) is 0.272. The minimum absolute atomic E-state index is 0.443. The number of nitrogens with zero attached hydrogens (tertiary/aromatic N) is 2. The molecule has 0 unspecified atom stereocenters. The Balaban J connectivity index is 1.88. The van der Waals surface area contributed by atoms with E-state index in [2.05, 4.69) is 26.0 Å². The van der Waals surface area contributed by atoms with E-state index in [9.17, 15) is 0 Å². The van der Waals surface area contributed by atoms with Gasteiger partial charge in [0.1, 0.15) is 20.2 Å². The largest absolute Gasteiger partial charge is 0.234 e. The van der Waals surface area contributed by atoms with Crippen LogP contribution in [0, 0.1) is 0 Å². The van der Waals surface area contributed by atoms with Crippen LogP contribution in [-0.2, 0) is 0 Å². The van der Waals surface area contributed by atoms with Crippen molar-refractivity contribution in [2.75, 3.05) is 0 Å². The van der Waals surface area contributed by atoms with Gasteiger partial charge in [-0.25, -0.2) is 9.97 Å². The second-order valence-corrected chi connectivity index (χ2v) is 10.00. The second-order valence-electron chi connectivity index (χ2n) is 7.14. The molecule has 0 bridgehead atoms. The second kappa shape index (κ2) is 7.37. The molecule has 6 heteroatoms. The van der Waals surface area contributed by atoms with Crippen molar-refractivity contribution in [2.24, 2.45) is 0 Å². The van der Waals surface area contributed by atoms with Gasteiger partial charge in [-0.1, -0.05) is 84.8 Å². The van der Waals surface area contributed by atoms with Crippen LogP contribution in [0.1, 0.15) is 24.6 Å². The summed E-state index contributed by atoms with van der Waals surface area (Å²) in [7, 11) is 0. The highest BCUT2D eigenvalue weighted by Gasteiger charge is 2.21. The van der Waals surface area contributed by atoms with Gasteiger partial charge in [0.2, 0.25) is 0 Å². The molecule has 0 atom stereocenters. The summed E-state index contributed by atoms with van der Waals surface area (Å²) in [5.41, 5.74) is 3.83. The lowest BCUT2D eigenvalue weighted by molar-refractivity contribution is 0.890. The zero-order valence-electron chi connectivity index (χ0n) is 15.7. The smallest absolute Gasteiger partial charge is 0.146 e. The molecule has 2 nitrogen and oxygen atoms in total. The molecule has 0 radical (unpaired) electrons. The van der Waals surface area contributed by atoms with Crippen molar-refractivity contribution in [1.29, 1.82) is 0 Å². The highest BCUT2D eigenvalue weighted by molar-refractivity contribution is 7.22. The summed E-state index contributed by atoms with van der Waals surface area (Å²) < 4.78 is 0. The Kier molecular flexibility index (Phi) is 4.83. The van der Waals surface area contributed by atoms with Crippen molar-refractivity contribution in [3.05, 3.63) is 69.5 Å². The Hall–Kier alpha value is -1.98. The summed E-state index contributed by atoms with van der Waals surface area (Å²) in [6.45, 7) is 4.41. The lowest BCUT2D eigenvalue weighted by atomic mass is 10.0. The average Bonchev–Trinajstić information content (AvgIpc) is 3.31. The van der Waals surface area contributed by atoms with Crippen LogP contribution in [0.3, 0.4) is 0 Å². The monoisotopic (exact) mass is 454 g/mol. The molecule has 29 heavy (non-hydrogen) atoms. The zero-order valence-corrected chi connectivity index (χ0v) is 18.9. The molecule has 0 aliphatic rings. The van der Waals surface area contributed by atoms with Crippen molar-refractivity contribution in [2.45, 2.75) is 19.8 Å². The van der Waals surface area contributed by atoms with Gasteiger partial charge >= 0.3 is 0 Å². The third kappa shape index (κ3) is 3.24. The van der Waals surface area contributed by atoms with Crippen molar-refractivity contribution < 1.29 is 0 Å². The number of fused-ring (bicyclic) bond motifs is 2. The van der Waals surface area contributed by atoms with Gasteiger partial charge < -0.3 is 0 Å². The molecule has 5 rings (SSSR count). The minimum atomic E-state index is 0.443. The first-order valence-corrected chi connectivity index (χ1v) is 11.7. The number of benzene rings is 2. The lowest BCUT2D eigenvalue weighted by Gasteiger charge is -2.07. The Morgan fingerprint density at radius 1 is 0.793 bits per heavy atom. The number of thiophene rings is 1. The first-order chi connectivity index (χ1) is 14.0. The molecule has 5 aromatic rings. The van der Waals surface area contributed by atoms with Gasteiger partial charge in [0.25, 0.3) is 0 Å². The normalized spacial score (nSPS) is 11.8. The first kappa shape index (κ1) is 19.0. The third-order valence-corrected chi connectivity index (χ3v) is 7.84. The van der Waals surface area contributed by atoms with E-state index in [1.165, 1.54) is 4.88 Å². The van der Waals surface area contributed by atoms with E-state index in [-0.39, 0.29) is 0 Å². The Bertz CT molecular complexity index is 1370. The van der Waals surface area contributed by atoms with Gasteiger partial charge in [-0.2, -0.15) is 0 Å². The predicted octanol–water partition coefficient (Wildman–Crippen LogP) is 8.67. The average molecular weight is 455 g/mol. The number of pyridine rings is 1. The number of rotatable bonds is 3. The molecule has 0 fully saturated rings. The maximum absolute atomic E-state index is 6.62. The highest BCUT2D eigenvalue weighted by Crippen LogP contribution is 2.44. The summed E-state index contributed by atoms with van der Waals surface area (Å²) in [5.74, 6) is 0.443. The maximum atomic E-state index is 6.62. The third-order valence-electron chi connectivity index (χ3n) is 4.87. The van der Waals surface area contributed by atoms with E-state index in [0.717, 1.165) is 42.3 Å². The van der Waals surface area contributed by atoms with Crippen LogP contribution in [0.5, 0.6) is 0 Å². The molecule has 0 saturated heterocycles. The maximum Gasteiger partial charge on any atom is 0.146 e. The van der Waals surface area contributed by atoms with E-state index in [0.29, 0.717) is 16.0 Å². The molecular formula is C23H16Cl2N2S2. The van der Waals surface area contributed by atoms with Crippen LogP contribution in [0.15, 0.2) is 54.6 Å². The van der Waals surface area contributed by atoms with Crippen LogP contribution >= 0.6 is 45.9 Å². The van der Waals surface area contributed by atoms with Gasteiger partial charge in [0.15, 0.2) is 0 Å². The zero-order chi connectivity index (χ0) is 20.1. The van der Waals surface area contributed by atoms with E-state index >= 15 is 0 Å². The highest BCUT2D eigenvalue weighted by atomic mass is 35.5. The van der Waals surface area contributed by atoms with Crippen LogP contribution in [0.4, 0.5) is 0 Å². The van der Waals surface area contributed by atoms with Gasteiger partial charge in [-0.3, -0.25) is 0 Å². The summed E-state index contributed by atoms with van der Waals surface area (Å²) in [6, 6.07) is 18.0. The molecule has 0 spiro atoms. The van der Waals surface area contributed by atoms with E-state index in [1.807, 2.05) is 42.5 Å². The summed E-state index contributed by atoms with van der Waals surface area (Å²) in [5, 5.41) is 3.38. The molecule has 0 aliphatic heterocycles. The SMILES string of the molecule is CC(C)c1cc2c(-c3ccccc3Cl)c3nc(-c4ccccc4Cl)sc3nc2s1. The van der Waals surface area contributed by atoms with Crippen LogP contribution in [-0.4, -0.2) is 9.97 Å².